The van der Waals surface area contributed by atoms with Crippen LogP contribution < -0.4 is 21.3 Å². The molecule has 4 N–H and O–H groups in total. The van der Waals surface area contributed by atoms with Crippen LogP contribution >= 0.6 is 0 Å². The molecule has 0 aliphatic heterocycles. The lowest BCUT2D eigenvalue weighted by Crippen LogP contribution is -2.43. The van der Waals surface area contributed by atoms with Crippen molar-refractivity contribution in [3.05, 3.63) is 37.0 Å². The summed E-state index contributed by atoms with van der Waals surface area (Å²) in [4.78, 5) is 61.9. The summed E-state index contributed by atoms with van der Waals surface area (Å²) in [5.41, 5.74) is -0.576. The van der Waals surface area contributed by atoms with Gasteiger partial charge in [0.2, 0.25) is 11.8 Å². The average molecular weight is 744 g/mol. The fourth-order valence-corrected chi connectivity index (χ4v) is 3.58. The molecule has 52 heavy (non-hydrogen) atoms. The average Bonchev–Trinajstić information content (AvgIpc) is 3.03. The fourth-order valence-electron chi connectivity index (χ4n) is 3.58. The van der Waals surface area contributed by atoms with Gasteiger partial charge >= 0.3 is 18.2 Å². The van der Waals surface area contributed by atoms with E-state index in [9.17, 15) is 24.0 Å². The quantitative estimate of drug-likeness (QED) is 0.0389. The Labute approximate surface area is 308 Å². The smallest absolute Gasteiger partial charge is 0.407 e. The number of alkyl carbamates (subject to hydrolysis) is 2. The molecule has 0 saturated heterocycles. The number of carbonyl (C=O) groups excluding carboxylic acids is 5. The van der Waals surface area contributed by atoms with Gasteiger partial charge in [-0.05, 0) is 47.1 Å². The van der Waals surface area contributed by atoms with Gasteiger partial charge in [0.15, 0.2) is 0 Å². The predicted octanol–water partition coefficient (Wildman–Crippen LogP) is 1.48. The first kappa shape index (κ1) is 48.0. The third kappa shape index (κ3) is 33.1. The van der Waals surface area contributed by atoms with Crippen LogP contribution in [0.2, 0.25) is 0 Å². The van der Waals surface area contributed by atoms with E-state index >= 15 is 0 Å². The van der Waals surface area contributed by atoms with E-state index in [2.05, 4.69) is 34.4 Å². The van der Waals surface area contributed by atoms with Gasteiger partial charge in [-0.1, -0.05) is 31.4 Å². The number of carbonyl (C=O) groups is 5. The fraction of sp³-hybridized carbons (Fsp3) is 0.686. The molecule has 0 spiro atoms. The summed E-state index contributed by atoms with van der Waals surface area (Å²) in [5.74, 6) is -1.21. The number of allylic oxidation sites excluding steroid dienone is 2. The Balaban J connectivity index is 4.40. The maximum absolute atomic E-state index is 12.5. The topological polar surface area (TPSA) is 201 Å². The highest BCUT2D eigenvalue weighted by atomic mass is 16.6. The molecule has 0 aromatic rings. The third-order valence-corrected chi connectivity index (χ3v) is 5.78. The number of hydrogen-bond donors (Lipinski definition) is 4. The Kier molecular flexibility index (Phi) is 26.3. The summed E-state index contributed by atoms with van der Waals surface area (Å²) in [6.45, 7) is 20.4. The van der Waals surface area contributed by atoms with Gasteiger partial charge < -0.3 is 54.4 Å². The Hall–Kier alpha value is -4.03. The highest BCUT2D eigenvalue weighted by Crippen LogP contribution is 2.07. The van der Waals surface area contributed by atoms with Gasteiger partial charge in [-0.3, -0.25) is 19.3 Å². The molecule has 17 heteroatoms. The summed E-state index contributed by atoms with van der Waals surface area (Å²) in [6.07, 6.45) is 3.89. The van der Waals surface area contributed by atoms with Crippen LogP contribution in [0.1, 0.15) is 41.5 Å². The first-order chi connectivity index (χ1) is 24.5. The largest absolute Gasteiger partial charge is 0.460 e. The molecule has 298 valence electrons. The molecule has 0 radical (unpaired) electrons. The van der Waals surface area contributed by atoms with Gasteiger partial charge in [0.25, 0.3) is 0 Å². The molecule has 0 aliphatic rings. The van der Waals surface area contributed by atoms with Crippen molar-refractivity contribution < 1.29 is 57.1 Å². The number of nitrogens with one attached hydrogen (secondary N) is 4. The van der Waals surface area contributed by atoms with Crippen LogP contribution in [-0.2, 0) is 47.5 Å². The SMILES string of the molecule is C=C/C=C\C(=C)COC(=O)CN(CCNC(=O)COCCOCCNC(=O)OC(C)(C)C)CCNC(=O)COCCOCCNC(=O)OC(C)(C)C. The molecule has 0 rings (SSSR count). The zero-order chi connectivity index (χ0) is 39.3. The maximum atomic E-state index is 12.5. The molecule has 0 heterocycles. The van der Waals surface area contributed by atoms with Gasteiger partial charge in [-0.2, -0.15) is 0 Å². The number of nitrogens with zero attached hydrogens (tertiary/aromatic N) is 1. The van der Waals surface area contributed by atoms with E-state index in [1.165, 1.54) is 0 Å². The maximum Gasteiger partial charge on any atom is 0.407 e. The minimum absolute atomic E-state index is 0.00704. The van der Waals surface area contributed by atoms with Gasteiger partial charge in [0.1, 0.15) is 31.0 Å². The monoisotopic (exact) mass is 743 g/mol. The van der Waals surface area contributed by atoms with Crippen molar-refractivity contribution in [3.63, 3.8) is 0 Å². The van der Waals surface area contributed by atoms with Crippen molar-refractivity contribution in [2.24, 2.45) is 0 Å². The van der Waals surface area contributed by atoms with Crippen molar-refractivity contribution in [1.29, 1.82) is 0 Å². The Morgan fingerprint density at radius 2 is 1.06 bits per heavy atom. The number of rotatable bonds is 28. The van der Waals surface area contributed by atoms with E-state index in [1.54, 1.807) is 64.7 Å². The zero-order valence-corrected chi connectivity index (χ0v) is 31.8. The normalized spacial score (nSPS) is 11.5. The molecular formula is C35H61N5O12. The van der Waals surface area contributed by atoms with Crippen LogP contribution in [0.15, 0.2) is 37.0 Å². The van der Waals surface area contributed by atoms with E-state index in [0.717, 1.165) is 0 Å². The number of amides is 4. The number of esters is 1. The summed E-state index contributed by atoms with van der Waals surface area (Å²) in [6, 6.07) is 0. The van der Waals surface area contributed by atoms with Crippen molar-refractivity contribution in [2.75, 3.05) is 105 Å². The van der Waals surface area contributed by atoms with E-state index in [-0.39, 0.29) is 104 Å². The van der Waals surface area contributed by atoms with Crippen molar-refractivity contribution in [3.8, 4) is 0 Å². The highest BCUT2D eigenvalue weighted by Gasteiger charge is 2.17. The molecule has 4 amide bonds. The van der Waals surface area contributed by atoms with Gasteiger partial charge in [-0.25, -0.2) is 9.59 Å². The molecule has 0 unspecified atom stereocenters. The number of hydrogen-bond acceptors (Lipinski definition) is 13. The summed E-state index contributed by atoms with van der Waals surface area (Å²) >= 11 is 0. The molecule has 0 fully saturated rings. The minimum Gasteiger partial charge on any atom is -0.460 e. The standard InChI is InChI=1S/C35H61N5O12/c1-9-10-11-28(2)25-50-31(43)24-40(16-12-36-29(41)26-48-22-20-46-18-14-38-32(44)51-34(3,4)5)17-13-37-30(42)27-49-23-21-47-19-15-39-33(45)52-35(6,7)8/h9-11H,1-2,12-27H2,3-8H3,(H,36,41)(H,37,42)(H,38,44)(H,39,45)/b11-10-. The van der Waals surface area contributed by atoms with Crippen LogP contribution in [0.25, 0.3) is 0 Å². The van der Waals surface area contributed by atoms with E-state index in [4.69, 9.17) is 33.2 Å². The van der Waals surface area contributed by atoms with E-state index < -0.39 is 29.4 Å². The molecule has 0 aromatic heterocycles. The van der Waals surface area contributed by atoms with Crippen molar-refractivity contribution in [1.82, 2.24) is 26.2 Å². The Morgan fingerprint density at radius 3 is 1.48 bits per heavy atom. The Bertz CT molecular complexity index is 1060. The zero-order valence-electron chi connectivity index (χ0n) is 31.8. The van der Waals surface area contributed by atoms with Crippen LogP contribution in [0.5, 0.6) is 0 Å². The molecule has 0 bridgehead atoms. The van der Waals surface area contributed by atoms with Crippen molar-refractivity contribution in [2.45, 2.75) is 52.7 Å². The summed E-state index contributed by atoms with van der Waals surface area (Å²) in [7, 11) is 0. The van der Waals surface area contributed by atoms with Crippen LogP contribution in [0, 0.1) is 0 Å². The second-order valence-electron chi connectivity index (χ2n) is 13.1. The van der Waals surface area contributed by atoms with E-state index in [1.807, 2.05) is 0 Å². The highest BCUT2D eigenvalue weighted by molar-refractivity contribution is 5.77. The molecule has 0 atom stereocenters. The number of ether oxygens (including phenoxy) is 7. The molecule has 0 aromatic carbocycles. The first-order valence-corrected chi connectivity index (χ1v) is 17.1. The Morgan fingerprint density at radius 1 is 0.615 bits per heavy atom. The van der Waals surface area contributed by atoms with Gasteiger partial charge in [0, 0.05) is 39.3 Å². The van der Waals surface area contributed by atoms with Crippen LogP contribution in [-0.4, -0.2) is 151 Å². The molecule has 17 nitrogen and oxygen atoms in total. The first-order valence-electron chi connectivity index (χ1n) is 17.1. The third-order valence-electron chi connectivity index (χ3n) is 5.78. The summed E-state index contributed by atoms with van der Waals surface area (Å²) < 4.78 is 36.9. The van der Waals surface area contributed by atoms with Crippen LogP contribution in [0.3, 0.4) is 0 Å². The van der Waals surface area contributed by atoms with Crippen molar-refractivity contribution >= 4 is 30.0 Å². The second-order valence-corrected chi connectivity index (χ2v) is 13.1. The molecule has 0 aliphatic carbocycles. The molecular weight excluding hydrogens is 682 g/mol. The molecule has 0 saturated carbocycles. The van der Waals surface area contributed by atoms with E-state index in [0.29, 0.717) is 18.7 Å². The lowest BCUT2D eigenvalue weighted by Gasteiger charge is -2.22. The summed E-state index contributed by atoms with van der Waals surface area (Å²) in [5, 5.41) is 10.6. The van der Waals surface area contributed by atoms with Gasteiger partial charge in [-0.15, -0.1) is 0 Å². The van der Waals surface area contributed by atoms with Gasteiger partial charge in [0.05, 0.1) is 46.2 Å². The minimum atomic E-state index is -0.582. The van der Waals surface area contributed by atoms with Crippen LogP contribution in [0.4, 0.5) is 9.59 Å². The predicted molar refractivity (Wildman–Crippen MR) is 194 cm³/mol. The lowest BCUT2D eigenvalue weighted by molar-refractivity contribution is -0.143. The lowest BCUT2D eigenvalue weighted by atomic mass is 10.2. The second kappa shape index (κ2) is 28.5.